The summed E-state index contributed by atoms with van der Waals surface area (Å²) < 4.78 is 13.2. The largest absolute Gasteiger partial charge is 0.353 e. The van der Waals surface area contributed by atoms with E-state index in [4.69, 9.17) is 0 Å². The van der Waals surface area contributed by atoms with Gasteiger partial charge in [0.25, 0.3) is 5.91 Å². The van der Waals surface area contributed by atoms with Crippen molar-refractivity contribution in [2.75, 3.05) is 42.1 Å². The van der Waals surface area contributed by atoms with Crippen molar-refractivity contribution in [3.8, 4) is 0 Å². The van der Waals surface area contributed by atoms with Gasteiger partial charge in [0.2, 0.25) is 10.9 Å². The fourth-order valence-corrected chi connectivity index (χ4v) is 4.90. The van der Waals surface area contributed by atoms with Gasteiger partial charge in [-0.2, -0.15) is 0 Å². The third-order valence-electron chi connectivity index (χ3n) is 4.80. The van der Waals surface area contributed by atoms with E-state index in [1.54, 1.807) is 12.3 Å². The van der Waals surface area contributed by atoms with Crippen molar-refractivity contribution in [1.29, 1.82) is 0 Å². The minimum absolute atomic E-state index is 0.0873. The molecule has 0 radical (unpaired) electrons. The molecule has 0 atom stereocenters. The molecule has 1 aliphatic heterocycles. The van der Waals surface area contributed by atoms with Gasteiger partial charge in [-0.15, -0.1) is 22.0 Å². The first-order valence-electron chi connectivity index (χ1n) is 9.99. The van der Waals surface area contributed by atoms with Gasteiger partial charge in [-0.25, -0.2) is 9.37 Å². The van der Waals surface area contributed by atoms with Crippen LogP contribution in [0.4, 0.5) is 15.9 Å². The molecule has 3 heterocycles. The molecule has 1 saturated heterocycles. The van der Waals surface area contributed by atoms with E-state index < -0.39 is 11.7 Å². The minimum atomic E-state index is -0.439. The highest BCUT2D eigenvalue weighted by Gasteiger charge is 2.22. The van der Waals surface area contributed by atoms with Crippen LogP contribution in [0.1, 0.15) is 14.8 Å². The Morgan fingerprint density at radius 2 is 1.94 bits per heavy atom. The molecule has 1 aromatic carbocycles. The van der Waals surface area contributed by atoms with Gasteiger partial charge in [0, 0.05) is 43.8 Å². The van der Waals surface area contributed by atoms with Crippen LogP contribution in [0.15, 0.2) is 48.7 Å². The fraction of sp³-hybridized carbons (Fsp3) is 0.286. The van der Waals surface area contributed by atoms with Gasteiger partial charge in [-0.05, 0) is 30.3 Å². The van der Waals surface area contributed by atoms with E-state index in [2.05, 4.69) is 25.4 Å². The predicted molar refractivity (Wildman–Crippen MR) is 123 cm³/mol. The zero-order valence-corrected chi connectivity index (χ0v) is 18.7. The van der Waals surface area contributed by atoms with E-state index in [9.17, 15) is 14.0 Å². The number of piperazine rings is 1. The maximum atomic E-state index is 13.2. The summed E-state index contributed by atoms with van der Waals surface area (Å²) in [4.78, 5) is 33.2. The number of halogens is 1. The molecular formula is C21H21FN6O2S2. The van der Waals surface area contributed by atoms with Crippen LogP contribution in [0.25, 0.3) is 0 Å². The van der Waals surface area contributed by atoms with Crippen molar-refractivity contribution >= 4 is 46.4 Å². The van der Waals surface area contributed by atoms with Crippen LogP contribution in [0.5, 0.6) is 0 Å². The standard InChI is InChI=1S/C21H21FN6O2S2/c22-15-4-3-5-16(12-15)24-20(30)21-26-25-18(32-21)13-31-14-19(29)28-10-8-27(9-11-28)17-6-1-2-7-23-17/h1-7,12H,8-11,13-14H2,(H,24,30). The average Bonchev–Trinajstić information content (AvgIpc) is 3.29. The first kappa shape index (κ1) is 22.2. The highest BCUT2D eigenvalue weighted by molar-refractivity contribution is 7.99. The first-order valence-corrected chi connectivity index (χ1v) is 12.0. The number of nitrogens with zero attached hydrogens (tertiary/aromatic N) is 5. The Bertz CT molecular complexity index is 1070. The lowest BCUT2D eigenvalue weighted by Crippen LogP contribution is -2.49. The number of anilines is 2. The molecule has 0 spiro atoms. The highest BCUT2D eigenvalue weighted by Crippen LogP contribution is 2.19. The molecule has 2 aromatic heterocycles. The Hall–Kier alpha value is -3.05. The monoisotopic (exact) mass is 472 g/mol. The van der Waals surface area contributed by atoms with E-state index >= 15 is 0 Å². The van der Waals surface area contributed by atoms with Gasteiger partial charge >= 0.3 is 0 Å². The number of rotatable bonds is 7. The van der Waals surface area contributed by atoms with Crippen LogP contribution in [-0.2, 0) is 10.5 Å². The SMILES string of the molecule is O=C(Nc1cccc(F)c1)c1nnc(CSCC(=O)N2CCN(c3ccccn3)CC2)s1. The molecule has 166 valence electrons. The lowest BCUT2D eigenvalue weighted by molar-refractivity contribution is -0.128. The van der Waals surface area contributed by atoms with Gasteiger partial charge < -0.3 is 15.1 Å². The Kier molecular flexibility index (Phi) is 7.28. The third-order valence-corrected chi connectivity index (χ3v) is 6.83. The van der Waals surface area contributed by atoms with Crippen LogP contribution in [0.3, 0.4) is 0 Å². The van der Waals surface area contributed by atoms with Crippen LogP contribution < -0.4 is 10.2 Å². The molecule has 1 fully saturated rings. The Balaban J connectivity index is 1.20. The average molecular weight is 473 g/mol. The van der Waals surface area contributed by atoms with Gasteiger partial charge in [-0.1, -0.05) is 23.5 Å². The summed E-state index contributed by atoms with van der Waals surface area (Å²) in [5.41, 5.74) is 0.356. The minimum Gasteiger partial charge on any atom is -0.353 e. The number of nitrogens with one attached hydrogen (secondary N) is 1. The molecule has 0 unspecified atom stereocenters. The molecule has 4 rings (SSSR count). The second kappa shape index (κ2) is 10.5. The topological polar surface area (TPSA) is 91.3 Å². The number of carbonyl (C=O) groups is 2. The molecule has 1 aliphatic rings. The zero-order valence-electron chi connectivity index (χ0n) is 17.1. The molecule has 1 N–H and O–H groups in total. The smallest absolute Gasteiger partial charge is 0.286 e. The molecule has 2 amide bonds. The molecule has 11 heteroatoms. The summed E-state index contributed by atoms with van der Waals surface area (Å²) in [6, 6.07) is 11.5. The summed E-state index contributed by atoms with van der Waals surface area (Å²) in [7, 11) is 0. The Morgan fingerprint density at radius 1 is 1.09 bits per heavy atom. The lowest BCUT2D eigenvalue weighted by Gasteiger charge is -2.35. The highest BCUT2D eigenvalue weighted by atomic mass is 32.2. The predicted octanol–water partition coefficient (Wildman–Crippen LogP) is 2.91. The van der Waals surface area contributed by atoms with Gasteiger partial charge in [0.1, 0.15) is 16.6 Å². The van der Waals surface area contributed by atoms with Crippen LogP contribution >= 0.6 is 23.1 Å². The van der Waals surface area contributed by atoms with Crippen LogP contribution in [0.2, 0.25) is 0 Å². The quantitative estimate of drug-likeness (QED) is 0.565. The molecule has 32 heavy (non-hydrogen) atoms. The van der Waals surface area contributed by atoms with Crippen LogP contribution in [0, 0.1) is 5.82 Å². The third kappa shape index (κ3) is 5.80. The van der Waals surface area contributed by atoms with Crippen molar-refractivity contribution in [1.82, 2.24) is 20.1 Å². The van der Waals surface area contributed by atoms with E-state index in [1.165, 1.54) is 30.0 Å². The van der Waals surface area contributed by atoms with Gasteiger partial charge in [0.05, 0.1) is 5.75 Å². The Labute approximate surface area is 192 Å². The summed E-state index contributed by atoms with van der Waals surface area (Å²) in [6.07, 6.45) is 1.77. The lowest BCUT2D eigenvalue weighted by atomic mass is 10.3. The van der Waals surface area contributed by atoms with E-state index in [0.29, 0.717) is 35.3 Å². The van der Waals surface area contributed by atoms with Crippen molar-refractivity contribution in [3.63, 3.8) is 0 Å². The number of benzene rings is 1. The van der Waals surface area contributed by atoms with Gasteiger partial charge in [-0.3, -0.25) is 9.59 Å². The zero-order chi connectivity index (χ0) is 22.3. The molecule has 3 aromatic rings. The maximum absolute atomic E-state index is 13.2. The molecule has 8 nitrogen and oxygen atoms in total. The first-order chi connectivity index (χ1) is 15.6. The normalized spacial score (nSPS) is 13.8. The van der Waals surface area contributed by atoms with E-state index in [-0.39, 0.29) is 10.9 Å². The van der Waals surface area contributed by atoms with Crippen molar-refractivity contribution in [2.45, 2.75) is 5.75 Å². The molecule has 0 aliphatic carbocycles. The fourth-order valence-electron chi connectivity index (χ4n) is 3.20. The second-order valence-corrected chi connectivity index (χ2v) is 9.06. The molecule has 0 saturated carbocycles. The number of amides is 2. The van der Waals surface area contributed by atoms with Crippen molar-refractivity contribution < 1.29 is 14.0 Å². The summed E-state index contributed by atoms with van der Waals surface area (Å²) in [5.74, 6) is 0.983. The van der Waals surface area contributed by atoms with Gasteiger partial charge in [0.15, 0.2) is 0 Å². The maximum Gasteiger partial charge on any atom is 0.286 e. The van der Waals surface area contributed by atoms with E-state index in [1.807, 2.05) is 23.1 Å². The summed E-state index contributed by atoms with van der Waals surface area (Å²) >= 11 is 2.61. The summed E-state index contributed by atoms with van der Waals surface area (Å²) in [5, 5.41) is 11.4. The van der Waals surface area contributed by atoms with Crippen molar-refractivity contribution in [2.24, 2.45) is 0 Å². The van der Waals surface area contributed by atoms with Crippen molar-refractivity contribution in [3.05, 3.63) is 64.5 Å². The Morgan fingerprint density at radius 3 is 2.69 bits per heavy atom. The number of carbonyl (C=O) groups excluding carboxylic acids is 2. The number of thioether (sulfide) groups is 1. The van der Waals surface area contributed by atoms with Crippen LogP contribution in [-0.4, -0.2) is 63.8 Å². The second-order valence-electron chi connectivity index (χ2n) is 7.01. The number of aromatic nitrogens is 3. The number of hydrogen-bond acceptors (Lipinski definition) is 8. The molecular weight excluding hydrogens is 451 g/mol. The number of hydrogen-bond donors (Lipinski definition) is 1. The molecule has 0 bridgehead atoms. The van der Waals surface area contributed by atoms with E-state index in [0.717, 1.165) is 30.2 Å². The summed E-state index contributed by atoms with van der Waals surface area (Å²) in [6.45, 7) is 2.85. The number of pyridine rings is 1.